The van der Waals surface area contributed by atoms with Gasteiger partial charge in [0.1, 0.15) is 5.82 Å². The molecule has 2 aromatic rings. The van der Waals surface area contributed by atoms with Gasteiger partial charge in [0.25, 0.3) is 11.8 Å². The van der Waals surface area contributed by atoms with Crippen LogP contribution < -0.4 is 16.0 Å². The van der Waals surface area contributed by atoms with E-state index in [1.807, 2.05) is 11.6 Å². The van der Waals surface area contributed by atoms with Crippen LogP contribution in [0.2, 0.25) is 0 Å². The third-order valence-electron chi connectivity index (χ3n) is 4.60. The number of nitrogens with one attached hydrogen (secondary N) is 3. The molecule has 1 fully saturated rings. The first-order valence-electron chi connectivity index (χ1n) is 9.00. The van der Waals surface area contributed by atoms with Crippen LogP contribution in [0.15, 0.2) is 24.3 Å². The van der Waals surface area contributed by atoms with Crippen LogP contribution in [-0.2, 0) is 0 Å². The predicted octanol–water partition coefficient (Wildman–Crippen LogP) is 1.23. The predicted molar refractivity (Wildman–Crippen MR) is 104 cm³/mol. The lowest BCUT2D eigenvalue weighted by atomic mass is 10.1. The zero-order valence-electron chi connectivity index (χ0n) is 15.6. The van der Waals surface area contributed by atoms with Crippen molar-refractivity contribution in [2.24, 2.45) is 0 Å². The highest BCUT2D eigenvalue weighted by Gasteiger charge is 2.22. The van der Waals surface area contributed by atoms with Gasteiger partial charge in [-0.05, 0) is 57.1 Å². The topological polar surface area (TPSA) is 101 Å². The van der Waals surface area contributed by atoms with Gasteiger partial charge in [-0.25, -0.2) is 9.07 Å². The van der Waals surface area contributed by atoms with Gasteiger partial charge in [-0.15, -0.1) is 17.5 Å². The number of carbonyl (C=O) groups excluding carboxylic acids is 2. The Bertz CT molecular complexity index is 805. The molecular weight excluding hydrogens is 387 g/mol. The first-order chi connectivity index (χ1) is 13.1. The van der Waals surface area contributed by atoms with E-state index >= 15 is 0 Å². The largest absolute Gasteiger partial charge is 0.350 e. The highest BCUT2D eigenvalue weighted by molar-refractivity contribution is 5.94. The van der Waals surface area contributed by atoms with Crippen LogP contribution in [0.5, 0.6) is 0 Å². The molecule has 0 unspecified atom stereocenters. The molecule has 152 valence electrons. The molecule has 10 heteroatoms. The number of carbonyl (C=O) groups is 2. The number of rotatable bonds is 6. The summed E-state index contributed by atoms with van der Waals surface area (Å²) in [5, 5.41) is 16.9. The van der Waals surface area contributed by atoms with Gasteiger partial charge in [0.15, 0.2) is 5.69 Å². The van der Waals surface area contributed by atoms with Crippen LogP contribution in [0.1, 0.15) is 45.4 Å². The highest BCUT2D eigenvalue weighted by Crippen LogP contribution is 2.20. The Hall–Kier alpha value is -2.52. The van der Waals surface area contributed by atoms with Crippen molar-refractivity contribution in [1.29, 1.82) is 0 Å². The summed E-state index contributed by atoms with van der Waals surface area (Å²) in [7, 11) is 0. The van der Waals surface area contributed by atoms with E-state index in [4.69, 9.17) is 0 Å². The third kappa shape index (κ3) is 5.26. The average Bonchev–Trinajstić information content (AvgIpc) is 3.07. The molecule has 1 saturated heterocycles. The quantitative estimate of drug-likeness (QED) is 0.622. The molecule has 2 amide bonds. The second kappa shape index (κ2) is 10.1. The SMILES string of the molecule is Cc1c(C(=O)NCCNC(=O)c2ccc(F)cc2)nnn1C1CCNCC1.Cl. The molecule has 0 saturated carbocycles. The Morgan fingerprint density at radius 2 is 1.75 bits per heavy atom. The van der Waals surface area contributed by atoms with E-state index in [1.54, 1.807) is 0 Å². The number of benzene rings is 1. The summed E-state index contributed by atoms with van der Waals surface area (Å²) in [5.41, 5.74) is 1.41. The third-order valence-corrected chi connectivity index (χ3v) is 4.60. The number of hydrogen-bond donors (Lipinski definition) is 3. The zero-order chi connectivity index (χ0) is 19.2. The monoisotopic (exact) mass is 410 g/mol. The molecule has 2 heterocycles. The summed E-state index contributed by atoms with van der Waals surface area (Å²) < 4.78 is 14.7. The van der Waals surface area contributed by atoms with Crippen molar-refractivity contribution in [2.75, 3.05) is 26.2 Å². The van der Waals surface area contributed by atoms with E-state index in [1.165, 1.54) is 24.3 Å². The fourth-order valence-corrected chi connectivity index (χ4v) is 3.09. The van der Waals surface area contributed by atoms with Gasteiger partial charge in [0.2, 0.25) is 0 Å². The van der Waals surface area contributed by atoms with Gasteiger partial charge in [-0.3, -0.25) is 9.59 Å². The Kier molecular flexibility index (Phi) is 7.89. The molecule has 8 nitrogen and oxygen atoms in total. The minimum atomic E-state index is -0.397. The van der Waals surface area contributed by atoms with E-state index in [-0.39, 0.29) is 43.4 Å². The summed E-state index contributed by atoms with van der Waals surface area (Å²) in [6.45, 7) is 4.21. The fourth-order valence-electron chi connectivity index (χ4n) is 3.09. The molecule has 1 aliphatic rings. The molecule has 3 N–H and O–H groups in total. The molecule has 28 heavy (non-hydrogen) atoms. The van der Waals surface area contributed by atoms with E-state index in [9.17, 15) is 14.0 Å². The van der Waals surface area contributed by atoms with Crippen molar-refractivity contribution in [1.82, 2.24) is 30.9 Å². The second-order valence-corrected chi connectivity index (χ2v) is 6.47. The summed E-state index contributed by atoms with van der Waals surface area (Å²) in [5.74, 6) is -1.03. The van der Waals surface area contributed by atoms with E-state index < -0.39 is 5.82 Å². The molecule has 0 atom stereocenters. The second-order valence-electron chi connectivity index (χ2n) is 6.47. The van der Waals surface area contributed by atoms with E-state index in [0.29, 0.717) is 11.3 Å². The van der Waals surface area contributed by atoms with Gasteiger partial charge in [0.05, 0.1) is 11.7 Å². The fraction of sp³-hybridized carbons (Fsp3) is 0.444. The van der Waals surface area contributed by atoms with Crippen molar-refractivity contribution in [2.45, 2.75) is 25.8 Å². The van der Waals surface area contributed by atoms with Gasteiger partial charge < -0.3 is 16.0 Å². The van der Waals surface area contributed by atoms with Crippen molar-refractivity contribution in [3.05, 3.63) is 47.0 Å². The lowest BCUT2D eigenvalue weighted by molar-refractivity contribution is 0.0924. The average molecular weight is 411 g/mol. The summed E-state index contributed by atoms with van der Waals surface area (Å²) in [6, 6.07) is 5.53. The molecule has 1 aromatic heterocycles. The maximum atomic E-state index is 12.9. The number of aromatic nitrogens is 3. The summed E-state index contributed by atoms with van der Waals surface area (Å²) >= 11 is 0. The van der Waals surface area contributed by atoms with Crippen molar-refractivity contribution < 1.29 is 14.0 Å². The smallest absolute Gasteiger partial charge is 0.273 e. The lowest BCUT2D eigenvalue weighted by Gasteiger charge is -2.23. The van der Waals surface area contributed by atoms with Crippen LogP contribution in [0.25, 0.3) is 0 Å². The maximum absolute atomic E-state index is 12.9. The first kappa shape index (κ1) is 21.8. The molecule has 0 radical (unpaired) electrons. The Morgan fingerprint density at radius 3 is 2.39 bits per heavy atom. The minimum Gasteiger partial charge on any atom is -0.350 e. The standard InChI is InChI=1S/C18H23FN6O2.ClH/c1-12-16(23-24-25(12)15-6-8-20-9-7-15)18(27)22-11-10-21-17(26)13-2-4-14(19)5-3-13;/h2-5,15,20H,6-11H2,1H3,(H,21,26)(H,22,27);1H. The molecule has 1 aromatic carbocycles. The molecule has 0 aliphatic carbocycles. The number of piperidine rings is 1. The van der Waals surface area contributed by atoms with Crippen LogP contribution in [0.3, 0.4) is 0 Å². The van der Waals surface area contributed by atoms with E-state index in [0.717, 1.165) is 31.6 Å². The van der Waals surface area contributed by atoms with Crippen LogP contribution in [0, 0.1) is 12.7 Å². The Labute approximate surface area is 168 Å². The lowest BCUT2D eigenvalue weighted by Crippen LogP contribution is -2.35. The minimum absolute atomic E-state index is 0. The number of hydrogen-bond acceptors (Lipinski definition) is 5. The number of amides is 2. The van der Waals surface area contributed by atoms with Crippen LogP contribution in [-0.4, -0.2) is 53.0 Å². The molecule has 3 rings (SSSR count). The van der Waals surface area contributed by atoms with Crippen molar-refractivity contribution in [3.8, 4) is 0 Å². The van der Waals surface area contributed by atoms with Gasteiger partial charge in [0, 0.05) is 18.7 Å². The van der Waals surface area contributed by atoms with Crippen molar-refractivity contribution >= 4 is 24.2 Å². The van der Waals surface area contributed by atoms with Crippen molar-refractivity contribution in [3.63, 3.8) is 0 Å². The zero-order valence-corrected chi connectivity index (χ0v) is 16.4. The van der Waals surface area contributed by atoms with Gasteiger partial charge in [-0.1, -0.05) is 5.21 Å². The number of halogens is 2. The first-order valence-corrected chi connectivity index (χ1v) is 9.00. The molecule has 0 spiro atoms. The Balaban J connectivity index is 0.00000280. The Morgan fingerprint density at radius 1 is 1.14 bits per heavy atom. The van der Waals surface area contributed by atoms with Crippen LogP contribution in [0.4, 0.5) is 4.39 Å². The van der Waals surface area contributed by atoms with Gasteiger partial charge in [-0.2, -0.15) is 0 Å². The summed E-state index contributed by atoms with van der Waals surface area (Å²) in [4.78, 5) is 24.2. The van der Waals surface area contributed by atoms with E-state index in [2.05, 4.69) is 26.3 Å². The number of nitrogens with zero attached hydrogens (tertiary/aromatic N) is 3. The molecule has 1 aliphatic heterocycles. The molecular formula is C18H24ClFN6O2. The maximum Gasteiger partial charge on any atom is 0.273 e. The molecule has 0 bridgehead atoms. The summed E-state index contributed by atoms with van der Waals surface area (Å²) in [6.07, 6.45) is 1.92. The van der Waals surface area contributed by atoms with Crippen LogP contribution >= 0.6 is 12.4 Å². The van der Waals surface area contributed by atoms with Gasteiger partial charge >= 0.3 is 0 Å². The normalized spacial score (nSPS) is 14.2. The highest BCUT2D eigenvalue weighted by atomic mass is 35.5.